The van der Waals surface area contributed by atoms with Gasteiger partial charge in [0.2, 0.25) is 0 Å². The SMILES string of the molecule is CC(C)c1cccc(C(C)C)c1C([NH-])=O.[Cl-].[Cl-].[Ti+4].c1ccc([Si]c2ccccc2)cc1.c1ccc2[cH-]ccc2c1. The van der Waals surface area contributed by atoms with Crippen LogP contribution in [0.15, 0.2) is 121 Å². The minimum absolute atomic E-state index is 0. The van der Waals surface area contributed by atoms with E-state index in [1.807, 2.05) is 45.9 Å². The third-order valence-electron chi connectivity index (χ3n) is 5.98. The van der Waals surface area contributed by atoms with E-state index in [2.05, 4.69) is 103 Å². The first-order valence-electron chi connectivity index (χ1n) is 12.7. The predicted octanol–water partition coefficient (Wildman–Crippen LogP) is 2.03. The van der Waals surface area contributed by atoms with E-state index in [-0.39, 0.29) is 58.4 Å². The second-order valence-electron chi connectivity index (χ2n) is 9.46. The number of carbonyl (C=O) groups is 1. The van der Waals surface area contributed by atoms with Gasteiger partial charge in [-0.05, 0) is 23.0 Å². The molecule has 2 nitrogen and oxygen atoms in total. The van der Waals surface area contributed by atoms with Gasteiger partial charge >= 0.3 is 21.7 Å². The molecule has 0 aliphatic rings. The molecule has 0 fully saturated rings. The normalized spacial score (nSPS) is 9.65. The Labute approximate surface area is 269 Å². The molecule has 5 aromatic carbocycles. The van der Waals surface area contributed by atoms with Gasteiger partial charge in [-0.1, -0.05) is 123 Å². The maximum Gasteiger partial charge on any atom is 4.00 e. The van der Waals surface area contributed by atoms with Crippen molar-refractivity contribution >= 4 is 36.6 Å². The number of benzene rings is 4. The zero-order chi connectivity index (χ0) is 26.6. The van der Waals surface area contributed by atoms with Crippen molar-refractivity contribution in [2.75, 3.05) is 0 Å². The molecule has 0 heterocycles. The summed E-state index contributed by atoms with van der Waals surface area (Å²) >= 11 is 0. The monoisotopic (exact) mass is 619 g/mol. The summed E-state index contributed by atoms with van der Waals surface area (Å²) < 4.78 is 0. The molecule has 5 rings (SSSR count). The first-order valence-corrected chi connectivity index (χ1v) is 13.7. The fourth-order valence-corrected chi connectivity index (χ4v) is 5.14. The molecular weight excluding hydrogens is 585 g/mol. The van der Waals surface area contributed by atoms with Crippen LogP contribution < -0.4 is 35.2 Å². The molecule has 40 heavy (non-hydrogen) atoms. The van der Waals surface area contributed by atoms with E-state index in [0.717, 1.165) is 20.6 Å². The third-order valence-corrected chi connectivity index (χ3v) is 7.23. The molecule has 0 unspecified atom stereocenters. The Kier molecular flexibility index (Phi) is 18.3. The fourth-order valence-electron chi connectivity index (χ4n) is 4.09. The first kappa shape index (κ1) is 37.5. The van der Waals surface area contributed by atoms with Crippen LogP contribution in [0.5, 0.6) is 0 Å². The summed E-state index contributed by atoms with van der Waals surface area (Å²) in [6, 6.07) is 41.7. The molecule has 0 spiro atoms. The Hall–Kier alpha value is -2.53. The molecule has 204 valence electrons. The predicted molar refractivity (Wildman–Crippen MR) is 161 cm³/mol. The van der Waals surface area contributed by atoms with Gasteiger partial charge in [0.25, 0.3) is 0 Å². The average Bonchev–Trinajstić information content (AvgIpc) is 3.39. The zero-order valence-corrected chi connectivity index (χ0v) is 27.4. The maximum atomic E-state index is 11.4. The van der Waals surface area contributed by atoms with Crippen molar-refractivity contribution in [3.8, 4) is 0 Å². The van der Waals surface area contributed by atoms with Crippen LogP contribution in [0.1, 0.15) is 61.0 Å². The molecule has 5 aromatic rings. The summed E-state index contributed by atoms with van der Waals surface area (Å²) in [5.74, 6) is 0.00370. The van der Waals surface area contributed by atoms with Crippen LogP contribution in [0.4, 0.5) is 0 Å². The van der Waals surface area contributed by atoms with Crippen molar-refractivity contribution < 1.29 is 51.3 Å². The molecule has 1 N–H and O–H groups in total. The number of fused-ring (bicyclic) bond motifs is 1. The van der Waals surface area contributed by atoms with Gasteiger partial charge in [0, 0.05) is 5.56 Å². The van der Waals surface area contributed by atoms with Crippen LogP contribution in [0.3, 0.4) is 0 Å². The average molecular weight is 621 g/mol. The van der Waals surface area contributed by atoms with E-state index in [4.69, 9.17) is 5.73 Å². The van der Waals surface area contributed by atoms with Crippen LogP contribution in [0, 0.1) is 0 Å². The topological polar surface area (TPSA) is 40.9 Å². The number of hydrogen-bond donors (Lipinski definition) is 0. The molecule has 1 amide bonds. The molecule has 0 aliphatic heterocycles. The Morgan fingerprint density at radius 2 is 1.10 bits per heavy atom. The maximum absolute atomic E-state index is 11.4. The summed E-state index contributed by atoms with van der Waals surface area (Å²) in [6.07, 6.45) is 0. The van der Waals surface area contributed by atoms with E-state index >= 15 is 0 Å². The van der Waals surface area contributed by atoms with E-state index in [0.29, 0.717) is 5.56 Å². The summed E-state index contributed by atoms with van der Waals surface area (Å²) in [5.41, 5.74) is 9.92. The number of halogens is 2. The zero-order valence-electron chi connectivity index (χ0n) is 23.4. The Balaban J connectivity index is 0.000000562. The second-order valence-corrected chi connectivity index (χ2v) is 10.9. The number of nitrogens with one attached hydrogen (secondary N) is 1. The van der Waals surface area contributed by atoms with Crippen LogP contribution in [-0.2, 0) is 21.7 Å². The first-order chi connectivity index (χ1) is 17.9. The minimum Gasteiger partial charge on any atom is -1.00 e. The number of rotatable bonds is 5. The summed E-state index contributed by atoms with van der Waals surface area (Å²) in [4.78, 5) is 11.4. The summed E-state index contributed by atoms with van der Waals surface area (Å²) in [6.45, 7) is 8.19. The molecule has 0 bridgehead atoms. The summed E-state index contributed by atoms with van der Waals surface area (Å²) in [5, 5.41) is 5.46. The fraction of sp³-hybridized carbons (Fsp3) is 0.176. The van der Waals surface area contributed by atoms with Crippen molar-refractivity contribution in [1.82, 2.24) is 0 Å². The van der Waals surface area contributed by atoms with Gasteiger partial charge in [0.1, 0.15) is 9.52 Å². The van der Waals surface area contributed by atoms with Crippen molar-refractivity contribution in [3.63, 3.8) is 0 Å². The number of carbonyl (C=O) groups excluding carboxylic acids is 1. The van der Waals surface area contributed by atoms with Gasteiger partial charge in [-0.3, -0.25) is 0 Å². The Morgan fingerprint density at radius 1 is 0.650 bits per heavy atom. The smallest absolute Gasteiger partial charge is 1.00 e. The molecule has 6 heteroatoms. The van der Waals surface area contributed by atoms with Gasteiger partial charge in [0.15, 0.2) is 0 Å². The molecule has 0 saturated heterocycles. The Bertz CT molecular complexity index is 1300. The third kappa shape index (κ3) is 11.5. The van der Waals surface area contributed by atoms with Gasteiger partial charge in [0.05, 0.1) is 5.91 Å². The van der Waals surface area contributed by atoms with Crippen LogP contribution in [-0.4, -0.2) is 15.4 Å². The van der Waals surface area contributed by atoms with Gasteiger partial charge in [-0.2, -0.15) is 17.5 Å². The second kappa shape index (κ2) is 19.5. The molecule has 0 aliphatic carbocycles. The molecule has 0 aromatic heterocycles. The van der Waals surface area contributed by atoms with Crippen molar-refractivity contribution in [3.05, 3.63) is 144 Å². The van der Waals surface area contributed by atoms with E-state index < -0.39 is 5.91 Å². The van der Waals surface area contributed by atoms with E-state index in [1.165, 1.54) is 21.1 Å². The Morgan fingerprint density at radius 3 is 1.52 bits per heavy atom. The summed E-state index contributed by atoms with van der Waals surface area (Å²) in [7, 11) is 0.777. The molecule has 0 saturated carbocycles. The van der Waals surface area contributed by atoms with Gasteiger partial charge in [-0.25, -0.2) is 0 Å². The molecule has 0 atom stereocenters. The van der Waals surface area contributed by atoms with Gasteiger partial charge < -0.3 is 35.3 Å². The van der Waals surface area contributed by atoms with Crippen LogP contribution in [0.2, 0.25) is 0 Å². The van der Waals surface area contributed by atoms with E-state index in [1.54, 1.807) is 0 Å². The minimum atomic E-state index is -0.567. The van der Waals surface area contributed by atoms with Crippen molar-refractivity contribution in [2.45, 2.75) is 39.5 Å². The van der Waals surface area contributed by atoms with Crippen molar-refractivity contribution in [1.29, 1.82) is 0 Å². The van der Waals surface area contributed by atoms with E-state index in [9.17, 15) is 4.79 Å². The molecule has 2 radical (unpaired) electrons. The van der Waals surface area contributed by atoms with Crippen LogP contribution in [0.25, 0.3) is 16.5 Å². The largest absolute Gasteiger partial charge is 4.00 e. The number of hydrogen-bond acceptors (Lipinski definition) is 1. The quantitative estimate of drug-likeness (QED) is 0.219. The van der Waals surface area contributed by atoms with Crippen LogP contribution >= 0.6 is 0 Å². The standard InChI is InChI=1S/C13H19NO.C12H10Si.C9H7.2ClH.Ti/c1-8(2)10-6-5-7-11(9(3)4)12(10)13(14)15;1-3-7-11(8-4-1)13-12-9-5-2-6-10-12;1-2-5-9-7-3-6-8(9)4-1;;;/h5-9H,1-4H3,(H2,14,15);1-10H;1-7H;2*1H;/q;;-1;;;+4/p-3. The molecular formula is C34H35Cl2NOSiTi. The number of amides is 1. The van der Waals surface area contributed by atoms with Crippen molar-refractivity contribution in [2.24, 2.45) is 0 Å². The van der Waals surface area contributed by atoms with Gasteiger partial charge in [-0.15, -0.1) is 29.7 Å².